The number of halogens is 3. The predicted molar refractivity (Wildman–Crippen MR) is 146 cm³/mol. The zero-order valence-electron chi connectivity index (χ0n) is 18.7. The summed E-state index contributed by atoms with van der Waals surface area (Å²) < 4.78 is 13.4. The van der Waals surface area contributed by atoms with Crippen LogP contribution in [0, 0.1) is 0 Å². The van der Waals surface area contributed by atoms with Crippen molar-refractivity contribution in [3.63, 3.8) is 0 Å². The second-order valence-corrected chi connectivity index (χ2v) is 10.5. The summed E-state index contributed by atoms with van der Waals surface area (Å²) in [4.78, 5) is 0. The molecule has 2 aromatic rings. The van der Waals surface area contributed by atoms with Crippen LogP contribution in [0.25, 0.3) is 10.8 Å². The minimum Gasteiger partial charge on any atom is -0.493 e. The van der Waals surface area contributed by atoms with Gasteiger partial charge in [0.25, 0.3) is 0 Å². The highest BCUT2D eigenvalue weighted by atomic mass is 79.9. The molecule has 0 aliphatic carbocycles. The van der Waals surface area contributed by atoms with Gasteiger partial charge in [0.1, 0.15) is 11.5 Å². The fourth-order valence-corrected chi connectivity index (χ4v) is 5.04. The maximum absolute atomic E-state index is 6.21. The molecule has 0 aliphatic rings. The molecule has 2 aromatic carbocycles. The Hall–Kier alpha value is -0.260. The molecule has 0 heterocycles. The molecular formula is C26H37Br3O2. The maximum atomic E-state index is 6.21. The minimum absolute atomic E-state index is 0.760. The third-order valence-corrected chi connectivity index (χ3v) is 7.18. The van der Waals surface area contributed by atoms with Gasteiger partial charge in [0.05, 0.1) is 17.7 Å². The van der Waals surface area contributed by atoms with Crippen LogP contribution in [-0.4, -0.2) is 23.9 Å². The van der Waals surface area contributed by atoms with Crippen LogP contribution in [0.4, 0.5) is 0 Å². The average molecular weight is 621 g/mol. The summed E-state index contributed by atoms with van der Waals surface area (Å²) in [5, 5.41) is 4.50. The molecule has 174 valence electrons. The van der Waals surface area contributed by atoms with Crippen molar-refractivity contribution in [3.05, 3.63) is 34.8 Å². The van der Waals surface area contributed by atoms with E-state index in [0.29, 0.717) is 0 Å². The smallest absolute Gasteiger partial charge is 0.141 e. The summed E-state index contributed by atoms with van der Waals surface area (Å²) in [7, 11) is 0. The van der Waals surface area contributed by atoms with Crippen molar-refractivity contribution in [3.8, 4) is 11.5 Å². The molecule has 0 N–H and O–H groups in total. The van der Waals surface area contributed by atoms with Gasteiger partial charge < -0.3 is 9.47 Å². The minimum atomic E-state index is 0.760. The molecule has 0 fully saturated rings. The SMILES string of the molecule is BrCCCCCCCCOc1cc(Br)c(OCCCCCCCCBr)c2ccccc12. The van der Waals surface area contributed by atoms with E-state index < -0.39 is 0 Å². The Bertz CT molecular complexity index is 736. The van der Waals surface area contributed by atoms with Gasteiger partial charge in [-0.25, -0.2) is 0 Å². The number of ether oxygens (including phenoxy) is 2. The Morgan fingerprint density at radius 3 is 1.65 bits per heavy atom. The number of fused-ring (bicyclic) bond motifs is 1. The van der Waals surface area contributed by atoms with Crippen molar-refractivity contribution in [1.82, 2.24) is 0 Å². The van der Waals surface area contributed by atoms with E-state index in [1.165, 1.54) is 64.2 Å². The van der Waals surface area contributed by atoms with Crippen LogP contribution >= 0.6 is 47.8 Å². The summed E-state index contributed by atoms with van der Waals surface area (Å²) in [6.45, 7) is 1.53. The molecule has 0 bridgehead atoms. The quantitative estimate of drug-likeness (QED) is 0.122. The van der Waals surface area contributed by atoms with E-state index >= 15 is 0 Å². The lowest BCUT2D eigenvalue weighted by molar-refractivity contribution is 0.300. The standard InChI is InChI=1S/C26H37Br3O2/c27-17-11-5-1-3-7-13-19-30-25-21-24(29)26(23-16-10-9-15-22(23)25)31-20-14-8-4-2-6-12-18-28/h9-10,15-16,21H,1-8,11-14,17-20H2. The molecule has 2 nitrogen and oxygen atoms in total. The van der Waals surface area contributed by atoms with Crippen molar-refractivity contribution in [1.29, 1.82) is 0 Å². The number of benzene rings is 2. The van der Waals surface area contributed by atoms with Crippen molar-refractivity contribution in [2.45, 2.75) is 77.0 Å². The number of hydrogen-bond donors (Lipinski definition) is 0. The van der Waals surface area contributed by atoms with Crippen molar-refractivity contribution < 1.29 is 9.47 Å². The molecule has 0 saturated carbocycles. The summed E-state index contributed by atoms with van der Waals surface area (Å²) in [6, 6.07) is 10.5. The van der Waals surface area contributed by atoms with Gasteiger partial charge in [-0.1, -0.05) is 107 Å². The van der Waals surface area contributed by atoms with Crippen LogP contribution in [0.15, 0.2) is 34.8 Å². The van der Waals surface area contributed by atoms with E-state index in [1.54, 1.807) is 0 Å². The highest BCUT2D eigenvalue weighted by Gasteiger charge is 2.13. The van der Waals surface area contributed by atoms with E-state index in [9.17, 15) is 0 Å². The van der Waals surface area contributed by atoms with E-state index in [-0.39, 0.29) is 0 Å². The van der Waals surface area contributed by atoms with E-state index in [2.05, 4.69) is 78.1 Å². The summed E-state index contributed by atoms with van der Waals surface area (Å²) in [5.41, 5.74) is 0. The zero-order valence-corrected chi connectivity index (χ0v) is 23.4. The topological polar surface area (TPSA) is 18.5 Å². The molecular weight excluding hydrogens is 584 g/mol. The van der Waals surface area contributed by atoms with Crippen molar-refractivity contribution in [2.24, 2.45) is 0 Å². The molecule has 0 unspecified atom stereocenters. The molecule has 0 amide bonds. The van der Waals surface area contributed by atoms with Crippen LogP contribution in [0.5, 0.6) is 11.5 Å². The van der Waals surface area contributed by atoms with Gasteiger partial charge in [-0.15, -0.1) is 0 Å². The van der Waals surface area contributed by atoms with Crippen LogP contribution in [0.2, 0.25) is 0 Å². The molecule has 0 radical (unpaired) electrons. The Morgan fingerprint density at radius 1 is 0.581 bits per heavy atom. The van der Waals surface area contributed by atoms with Gasteiger partial charge in [0, 0.05) is 21.4 Å². The predicted octanol–water partition coefficient (Wildman–Crippen LogP) is 9.83. The third-order valence-electron chi connectivity index (χ3n) is 5.47. The summed E-state index contributed by atoms with van der Waals surface area (Å²) in [5.74, 6) is 1.88. The first-order chi connectivity index (χ1) is 15.3. The third kappa shape index (κ3) is 10.5. The van der Waals surface area contributed by atoms with E-state index in [0.717, 1.165) is 63.5 Å². The van der Waals surface area contributed by atoms with E-state index in [4.69, 9.17) is 9.47 Å². The molecule has 0 saturated heterocycles. The molecule has 0 spiro atoms. The summed E-state index contributed by atoms with van der Waals surface area (Å²) in [6.07, 6.45) is 15.1. The first-order valence-corrected chi connectivity index (χ1v) is 14.9. The molecule has 0 aliphatic heterocycles. The number of hydrogen-bond acceptors (Lipinski definition) is 2. The van der Waals surface area contributed by atoms with Gasteiger partial charge in [-0.3, -0.25) is 0 Å². The number of unbranched alkanes of at least 4 members (excludes halogenated alkanes) is 10. The normalized spacial score (nSPS) is 11.2. The van der Waals surface area contributed by atoms with Crippen LogP contribution in [-0.2, 0) is 0 Å². The number of rotatable bonds is 18. The fraction of sp³-hybridized carbons (Fsp3) is 0.615. The first-order valence-electron chi connectivity index (χ1n) is 11.9. The molecule has 0 aromatic heterocycles. The maximum Gasteiger partial charge on any atom is 0.141 e. The van der Waals surface area contributed by atoms with E-state index in [1.807, 2.05) is 0 Å². The second-order valence-electron chi connectivity index (χ2n) is 8.05. The number of alkyl halides is 2. The van der Waals surface area contributed by atoms with Gasteiger partial charge >= 0.3 is 0 Å². The molecule has 0 atom stereocenters. The molecule has 2 rings (SSSR count). The van der Waals surface area contributed by atoms with Crippen LogP contribution < -0.4 is 9.47 Å². The van der Waals surface area contributed by atoms with Crippen LogP contribution in [0.3, 0.4) is 0 Å². The average Bonchev–Trinajstić information content (AvgIpc) is 2.79. The van der Waals surface area contributed by atoms with Gasteiger partial charge in [-0.05, 0) is 47.7 Å². The lowest BCUT2D eigenvalue weighted by Gasteiger charge is -2.15. The first kappa shape index (κ1) is 27.0. The monoisotopic (exact) mass is 618 g/mol. The molecule has 31 heavy (non-hydrogen) atoms. The van der Waals surface area contributed by atoms with Gasteiger partial charge in [-0.2, -0.15) is 0 Å². The van der Waals surface area contributed by atoms with Gasteiger partial charge in [0.2, 0.25) is 0 Å². The Morgan fingerprint density at radius 2 is 1.06 bits per heavy atom. The lowest BCUT2D eigenvalue weighted by Crippen LogP contribution is -2.01. The Kier molecular flexibility index (Phi) is 15.0. The lowest BCUT2D eigenvalue weighted by atomic mass is 10.1. The fourth-order valence-electron chi connectivity index (χ4n) is 3.71. The van der Waals surface area contributed by atoms with Crippen LogP contribution in [0.1, 0.15) is 77.0 Å². The van der Waals surface area contributed by atoms with Crippen molar-refractivity contribution >= 4 is 58.6 Å². The highest BCUT2D eigenvalue weighted by molar-refractivity contribution is 9.10. The van der Waals surface area contributed by atoms with Crippen molar-refractivity contribution in [2.75, 3.05) is 23.9 Å². The largest absolute Gasteiger partial charge is 0.493 e. The van der Waals surface area contributed by atoms with Gasteiger partial charge in [0.15, 0.2) is 0 Å². The zero-order chi connectivity index (χ0) is 22.2. The molecule has 5 heteroatoms. The Balaban J connectivity index is 1.82. The Labute approximate surface area is 214 Å². The summed E-state index contributed by atoms with van der Waals surface area (Å²) >= 11 is 10.7. The second kappa shape index (κ2) is 17.2. The highest BCUT2D eigenvalue weighted by Crippen LogP contribution is 2.40.